The summed E-state index contributed by atoms with van der Waals surface area (Å²) < 4.78 is 1.97. The maximum atomic E-state index is 4.35. The highest BCUT2D eigenvalue weighted by Gasteiger charge is 2.03. The van der Waals surface area contributed by atoms with Crippen LogP contribution in [-0.2, 0) is 6.54 Å². The van der Waals surface area contributed by atoms with Crippen LogP contribution in [0, 0.1) is 0 Å². The summed E-state index contributed by atoms with van der Waals surface area (Å²) in [6.45, 7) is 3.10. The van der Waals surface area contributed by atoms with Crippen LogP contribution in [0.3, 0.4) is 0 Å². The molecule has 0 amide bonds. The Labute approximate surface area is 105 Å². The minimum absolute atomic E-state index is 0.954. The molecule has 2 aromatic heterocycles. The van der Waals surface area contributed by atoms with E-state index in [2.05, 4.69) is 40.3 Å². The van der Waals surface area contributed by atoms with E-state index < -0.39 is 0 Å². The van der Waals surface area contributed by atoms with Crippen LogP contribution in [0.25, 0.3) is 22.0 Å². The number of benzene rings is 1. The molecule has 18 heavy (non-hydrogen) atoms. The fraction of sp³-hybridized carbons (Fsp3) is 0.214. The van der Waals surface area contributed by atoms with Crippen molar-refractivity contribution in [1.29, 1.82) is 0 Å². The van der Waals surface area contributed by atoms with E-state index in [9.17, 15) is 0 Å². The predicted molar refractivity (Wildman–Crippen MR) is 71.1 cm³/mol. The highest BCUT2D eigenvalue weighted by Crippen LogP contribution is 2.22. The van der Waals surface area contributed by atoms with Gasteiger partial charge in [-0.2, -0.15) is 5.10 Å². The average molecular weight is 238 g/mol. The molecular formula is C14H14N4. The molecule has 0 N–H and O–H groups in total. The summed E-state index contributed by atoms with van der Waals surface area (Å²) in [7, 11) is 0. The Morgan fingerprint density at radius 3 is 3.00 bits per heavy atom. The minimum Gasteiger partial charge on any atom is -0.272 e. The second kappa shape index (κ2) is 4.56. The van der Waals surface area contributed by atoms with Crippen molar-refractivity contribution >= 4 is 10.9 Å². The van der Waals surface area contributed by atoms with Gasteiger partial charge >= 0.3 is 0 Å². The van der Waals surface area contributed by atoms with Crippen LogP contribution in [0.2, 0.25) is 0 Å². The monoisotopic (exact) mass is 238 g/mol. The Morgan fingerprint density at radius 1 is 1.17 bits per heavy atom. The molecule has 0 bridgehead atoms. The number of rotatable bonds is 3. The van der Waals surface area contributed by atoms with Gasteiger partial charge in [-0.05, 0) is 18.1 Å². The summed E-state index contributed by atoms with van der Waals surface area (Å²) in [4.78, 5) is 8.29. The fourth-order valence-corrected chi connectivity index (χ4v) is 2.02. The molecule has 0 atom stereocenters. The van der Waals surface area contributed by atoms with Gasteiger partial charge in [-0.3, -0.25) is 4.68 Å². The van der Waals surface area contributed by atoms with Gasteiger partial charge in [-0.25, -0.2) is 9.97 Å². The van der Waals surface area contributed by atoms with Gasteiger partial charge in [-0.1, -0.05) is 19.1 Å². The van der Waals surface area contributed by atoms with Crippen LogP contribution < -0.4 is 0 Å². The lowest BCUT2D eigenvalue weighted by Gasteiger charge is -2.00. The van der Waals surface area contributed by atoms with Gasteiger partial charge in [0.25, 0.3) is 0 Å². The Kier molecular flexibility index (Phi) is 2.76. The largest absolute Gasteiger partial charge is 0.272 e. The Bertz CT molecular complexity index is 672. The van der Waals surface area contributed by atoms with Gasteiger partial charge in [0, 0.05) is 29.9 Å². The van der Waals surface area contributed by atoms with E-state index in [1.54, 1.807) is 6.33 Å². The van der Waals surface area contributed by atoms with Crippen LogP contribution in [-0.4, -0.2) is 19.7 Å². The quantitative estimate of drug-likeness (QED) is 0.704. The lowest BCUT2D eigenvalue weighted by molar-refractivity contribution is 0.603. The van der Waals surface area contributed by atoms with Gasteiger partial charge in [0.15, 0.2) is 0 Å². The molecule has 0 aliphatic carbocycles. The molecule has 0 fully saturated rings. The fourth-order valence-electron chi connectivity index (χ4n) is 2.02. The number of hydrogen-bond donors (Lipinski definition) is 0. The molecule has 90 valence electrons. The first-order valence-electron chi connectivity index (χ1n) is 6.09. The van der Waals surface area contributed by atoms with Crippen LogP contribution in [0.15, 0.2) is 43.1 Å². The first kappa shape index (κ1) is 10.9. The lowest BCUT2D eigenvalue weighted by atomic mass is 10.1. The number of fused-ring (bicyclic) bond motifs is 1. The SMILES string of the molecule is CCCn1cc(-c2ccc3cncnc3c2)cn1. The van der Waals surface area contributed by atoms with Crippen molar-refractivity contribution in [3.8, 4) is 11.1 Å². The summed E-state index contributed by atoms with van der Waals surface area (Å²) in [5.41, 5.74) is 3.23. The molecule has 2 heterocycles. The van der Waals surface area contributed by atoms with Crippen molar-refractivity contribution in [3.05, 3.63) is 43.1 Å². The van der Waals surface area contributed by atoms with Crippen molar-refractivity contribution in [1.82, 2.24) is 19.7 Å². The molecule has 0 spiro atoms. The molecule has 3 rings (SSSR count). The third kappa shape index (κ3) is 1.97. The minimum atomic E-state index is 0.954. The van der Waals surface area contributed by atoms with Gasteiger partial charge in [0.2, 0.25) is 0 Å². The molecule has 4 heteroatoms. The Balaban J connectivity index is 2.02. The average Bonchev–Trinajstić information content (AvgIpc) is 2.87. The van der Waals surface area contributed by atoms with E-state index in [0.29, 0.717) is 0 Å². The second-order valence-electron chi connectivity index (χ2n) is 4.29. The summed E-state index contributed by atoms with van der Waals surface area (Å²) >= 11 is 0. The van der Waals surface area contributed by atoms with Gasteiger partial charge in [0.05, 0.1) is 11.7 Å². The Hall–Kier alpha value is -2.23. The van der Waals surface area contributed by atoms with E-state index in [4.69, 9.17) is 0 Å². The third-order valence-corrected chi connectivity index (χ3v) is 2.93. The van der Waals surface area contributed by atoms with E-state index in [-0.39, 0.29) is 0 Å². The molecule has 4 nitrogen and oxygen atoms in total. The van der Waals surface area contributed by atoms with Crippen LogP contribution >= 0.6 is 0 Å². The van der Waals surface area contributed by atoms with E-state index in [0.717, 1.165) is 35.0 Å². The normalized spacial score (nSPS) is 10.9. The highest BCUT2D eigenvalue weighted by molar-refractivity contribution is 5.83. The number of aromatic nitrogens is 4. The second-order valence-corrected chi connectivity index (χ2v) is 4.29. The molecule has 0 saturated heterocycles. The molecule has 0 unspecified atom stereocenters. The smallest absolute Gasteiger partial charge is 0.116 e. The summed E-state index contributed by atoms with van der Waals surface area (Å²) in [6.07, 6.45) is 8.47. The number of aryl methyl sites for hydroxylation is 1. The molecule has 0 radical (unpaired) electrons. The van der Waals surface area contributed by atoms with Crippen molar-refractivity contribution in [2.45, 2.75) is 19.9 Å². The Morgan fingerprint density at radius 2 is 2.11 bits per heavy atom. The standard InChI is InChI=1S/C14H14N4/c1-2-5-18-9-13(8-17-18)11-3-4-12-7-15-10-16-14(12)6-11/h3-4,6-10H,2,5H2,1H3. The van der Waals surface area contributed by atoms with Crippen molar-refractivity contribution in [2.75, 3.05) is 0 Å². The summed E-state index contributed by atoms with van der Waals surface area (Å²) in [6, 6.07) is 6.20. The van der Waals surface area contributed by atoms with Crippen LogP contribution in [0.4, 0.5) is 0 Å². The predicted octanol–water partition coefficient (Wildman–Crippen LogP) is 2.90. The molecule has 0 aliphatic heterocycles. The van der Waals surface area contributed by atoms with Crippen molar-refractivity contribution in [3.63, 3.8) is 0 Å². The number of nitrogens with zero attached hydrogens (tertiary/aromatic N) is 4. The van der Waals surface area contributed by atoms with Crippen molar-refractivity contribution in [2.24, 2.45) is 0 Å². The maximum absolute atomic E-state index is 4.35. The molecule has 3 aromatic rings. The first-order valence-corrected chi connectivity index (χ1v) is 6.09. The first-order chi connectivity index (χ1) is 8.86. The third-order valence-electron chi connectivity index (χ3n) is 2.93. The highest BCUT2D eigenvalue weighted by atomic mass is 15.3. The maximum Gasteiger partial charge on any atom is 0.116 e. The van der Waals surface area contributed by atoms with Crippen LogP contribution in [0.1, 0.15) is 13.3 Å². The van der Waals surface area contributed by atoms with E-state index in [1.807, 2.05) is 23.1 Å². The van der Waals surface area contributed by atoms with Crippen molar-refractivity contribution < 1.29 is 0 Å². The van der Waals surface area contributed by atoms with E-state index in [1.165, 1.54) is 0 Å². The molecule has 0 aliphatic rings. The molecular weight excluding hydrogens is 224 g/mol. The zero-order valence-corrected chi connectivity index (χ0v) is 10.2. The summed E-state index contributed by atoms with van der Waals surface area (Å²) in [5.74, 6) is 0. The lowest BCUT2D eigenvalue weighted by Crippen LogP contribution is -1.95. The van der Waals surface area contributed by atoms with Gasteiger partial charge < -0.3 is 0 Å². The van der Waals surface area contributed by atoms with Gasteiger partial charge in [-0.15, -0.1) is 0 Å². The van der Waals surface area contributed by atoms with E-state index >= 15 is 0 Å². The summed E-state index contributed by atoms with van der Waals surface area (Å²) in [5, 5.41) is 5.40. The zero-order chi connectivity index (χ0) is 12.4. The van der Waals surface area contributed by atoms with Crippen LogP contribution in [0.5, 0.6) is 0 Å². The topological polar surface area (TPSA) is 43.6 Å². The number of hydrogen-bond acceptors (Lipinski definition) is 3. The molecule has 1 aromatic carbocycles. The van der Waals surface area contributed by atoms with Gasteiger partial charge in [0.1, 0.15) is 6.33 Å². The zero-order valence-electron chi connectivity index (χ0n) is 10.2. The molecule has 0 saturated carbocycles.